The van der Waals surface area contributed by atoms with Crippen LogP contribution in [0, 0.1) is 16.7 Å². The van der Waals surface area contributed by atoms with Crippen molar-refractivity contribution < 1.29 is 96.3 Å². The highest BCUT2D eigenvalue weighted by molar-refractivity contribution is 5.89. The molecule has 472 valence electrons. The molecule has 25 atom stereocenters. The maximum Gasteiger partial charge on any atom is 0.340 e. The van der Waals surface area contributed by atoms with Crippen LogP contribution in [-0.4, -0.2) is 199 Å². The predicted octanol–water partition coefficient (Wildman–Crippen LogP) is 6.29. The molecule has 21 nitrogen and oxygen atoms in total. The highest BCUT2D eigenvalue weighted by Crippen LogP contribution is 2.71. The first-order valence-corrected chi connectivity index (χ1v) is 30.5. The molecule has 10 rings (SSSR count). The van der Waals surface area contributed by atoms with Gasteiger partial charge in [-0.05, 0) is 109 Å². The Morgan fingerprint density at radius 1 is 0.682 bits per heavy atom. The van der Waals surface area contributed by atoms with Crippen molar-refractivity contribution in [2.75, 3.05) is 28.4 Å². The lowest BCUT2D eigenvalue weighted by molar-refractivity contribution is -0.347. The van der Waals surface area contributed by atoms with Crippen molar-refractivity contribution in [3.8, 4) is 0 Å². The van der Waals surface area contributed by atoms with Gasteiger partial charge in [0, 0.05) is 78.5 Å². The van der Waals surface area contributed by atoms with Gasteiger partial charge >= 0.3 is 11.9 Å². The molecule has 5 heterocycles. The molecule has 4 N–H and O–H groups in total. The molecular formula is C64H91NO20. The van der Waals surface area contributed by atoms with Crippen LogP contribution >= 0.6 is 0 Å². The number of esters is 2. The SMILES string of the molecule is CO[C@H]1C[C@H](O[C@@H]2[C@@H](C)O[C@@H](O[C@@H]3[C@@H](C)O[C@@H](O[C@H]4[C@@H](OC)C[C@H](O[C@H]5CC[C@@]6(C)C(=CC[C@]7(O)[C@@H]6C[C@@H](OC(=O)/C=C/c6ccccc6)[C@@]6(C)[C@]7(O)CC[C@@]6(O)[C@H](C)OC(=O)c6cccnc6)C5)O[C@@H]4C)C[C@H]3OC)C[C@H]2OC)O[C@H](C)[C@H]1O. The second-order valence-electron chi connectivity index (χ2n) is 25.4. The van der Waals surface area contributed by atoms with Crippen LogP contribution in [0.15, 0.2) is 72.6 Å². The van der Waals surface area contributed by atoms with Crippen molar-refractivity contribution >= 4 is 18.0 Å². The monoisotopic (exact) mass is 1190 g/mol. The van der Waals surface area contributed by atoms with Crippen molar-refractivity contribution in [2.45, 2.75) is 253 Å². The normalized spacial score (nSPS) is 45.0. The van der Waals surface area contributed by atoms with E-state index >= 15 is 0 Å². The lowest BCUT2D eigenvalue weighted by Crippen LogP contribution is -2.78. The van der Waals surface area contributed by atoms with Crippen molar-refractivity contribution in [1.29, 1.82) is 0 Å². The first-order chi connectivity index (χ1) is 40.5. The third-order valence-corrected chi connectivity index (χ3v) is 20.9. The summed E-state index contributed by atoms with van der Waals surface area (Å²) in [5.74, 6) is -2.01. The number of ether oxygens (including phenoxy) is 14. The van der Waals surface area contributed by atoms with Gasteiger partial charge in [-0.1, -0.05) is 55.8 Å². The summed E-state index contributed by atoms with van der Waals surface area (Å²) in [6, 6.07) is 12.5. The van der Waals surface area contributed by atoms with Crippen LogP contribution < -0.4 is 0 Å². The van der Waals surface area contributed by atoms with Crippen LogP contribution in [0.1, 0.15) is 135 Å². The zero-order valence-corrected chi connectivity index (χ0v) is 51.0. The topological polar surface area (TPSA) is 257 Å². The van der Waals surface area contributed by atoms with Gasteiger partial charge in [0.05, 0.1) is 65.9 Å². The average Bonchev–Trinajstić information content (AvgIpc) is 1.62. The van der Waals surface area contributed by atoms with Crippen LogP contribution in [0.4, 0.5) is 0 Å². The Balaban J connectivity index is 0.776. The van der Waals surface area contributed by atoms with Gasteiger partial charge in [-0.2, -0.15) is 0 Å². The Kier molecular flexibility index (Phi) is 19.6. The molecule has 0 bridgehead atoms. The Labute approximate surface area is 499 Å². The minimum Gasteiger partial charge on any atom is -0.458 e. The summed E-state index contributed by atoms with van der Waals surface area (Å²) < 4.78 is 88.0. The van der Waals surface area contributed by atoms with E-state index in [-0.39, 0.29) is 43.5 Å². The van der Waals surface area contributed by atoms with Crippen LogP contribution in [0.25, 0.3) is 6.08 Å². The van der Waals surface area contributed by atoms with E-state index in [1.165, 1.54) is 18.5 Å². The molecule has 21 heteroatoms. The van der Waals surface area contributed by atoms with Gasteiger partial charge in [0.2, 0.25) is 0 Å². The molecular weight excluding hydrogens is 1100 g/mol. The Morgan fingerprint density at radius 2 is 1.22 bits per heavy atom. The number of benzene rings is 1. The number of carbonyl (C=O) groups is 2. The van der Waals surface area contributed by atoms with Gasteiger partial charge < -0.3 is 86.7 Å². The van der Waals surface area contributed by atoms with Crippen LogP contribution in [0.5, 0.6) is 0 Å². The highest BCUT2D eigenvalue weighted by atomic mass is 16.8. The molecule has 1 aromatic carbocycles. The van der Waals surface area contributed by atoms with Crippen molar-refractivity contribution in [3.63, 3.8) is 0 Å². The molecule has 4 aliphatic heterocycles. The minimum atomic E-state index is -2.01. The summed E-state index contributed by atoms with van der Waals surface area (Å²) in [6.07, 6.45) is 0.219. The lowest BCUT2D eigenvalue weighted by Gasteiger charge is -2.67. The van der Waals surface area contributed by atoms with Gasteiger partial charge in [-0.3, -0.25) is 4.98 Å². The van der Waals surface area contributed by atoms with E-state index in [2.05, 4.69) is 11.9 Å². The van der Waals surface area contributed by atoms with Crippen LogP contribution in [0.3, 0.4) is 0 Å². The number of nitrogens with zero attached hydrogens (tertiary/aromatic N) is 1. The van der Waals surface area contributed by atoms with E-state index in [1.54, 1.807) is 67.4 Å². The smallest absolute Gasteiger partial charge is 0.340 e. The van der Waals surface area contributed by atoms with Gasteiger partial charge in [0.1, 0.15) is 53.4 Å². The summed E-state index contributed by atoms with van der Waals surface area (Å²) >= 11 is 0. The fraction of sp³-hybridized carbons (Fsp3) is 0.734. The number of aromatic nitrogens is 1. The number of methoxy groups -OCH3 is 4. The van der Waals surface area contributed by atoms with Crippen LogP contribution in [0.2, 0.25) is 0 Å². The number of carbonyl (C=O) groups excluding carboxylic acids is 2. The fourth-order valence-electron chi connectivity index (χ4n) is 15.9. The Morgan fingerprint density at radius 3 is 1.76 bits per heavy atom. The molecule has 7 fully saturated rings. The number of aliphatic hydroxyl groups is 4. The number of aliphatic hydroxyl groups excluding tert-OH is 1. The second-order valence-corrected chi connectivity index (χ2v) is 25.4. The number of hydrogen-bond acceptors (Lipinski definition) is 21. The standard InChI is InChI=1S/C64H91NO20/c1-35-55(67)44(72-8)29-52(76-35)83-57-37(3)78-54(31-46(57)74-10)85-58-38(4)79-53(32-47(58)75-11)84-56-36(2)77-51(30-45(56)73-9)81-43-22-23-60(6)42(28-43)21-24-63(70)48(60)33-49(82-50(66)20-19-40-16-13-12-14-17-40)61(7)62(69,25-26-64(61,63)71)39(5)80-59(68)41-18-15-27-65-34-41/h12-21,27,34-39,43-49,51-58,67,69-71H,22-26,28-33H2,1-11H3/b20-19+/t35-,36-,37-,38-,39+,43+,44+,45+,46-,47-,48-,49-,51+,52+,53+,54+,55-,56-,57-,58-,60+,61-,62-,63+,64-/m1/s1. The molecule has 0 radical (unpaired) electrons. The second kappa shape index (κ2) is 25.9. The number of rotatable bonds is 18. The predicted molar refractivity (Wildman–Crippen MR) is 304 cm³/mol. The quantitative estimate of drug-likeness (QED) is 0.0727. The highest BCUT2D eigenvalue weighted by Gasteiger charge is 2.81. The lowest BCUT2D eigenvalue weighted by atomic mass is 9.42. The zero-order chi connectivity index (χ0) is 60.8. The maximum absolute atomic E-state index is 14.0. The third kappa shape index (κ3) is 12.1. The fourth-order valence-corrected chi connectivity index (χ4v) is 15.9. The summed E-state index contributed by atoms with van der Waals surface area (Å²) in [6.45, 7) is 12.9. The number of hydrogen-bond donors (Lipinski definition) is 4. The van der Waals surface area contributed by atoms with E-state index in [0.717, 1.165) is 11.1 Å². The minimum absolute atomic E-state index is 0.0516. The van der Waals surface area contributed by atoms with E-state index < -0.39 is 150 Å². The summed E-state index contributed by atoms with van der Waals surface area (Å²) in [7, 11) is 6.48. The molecule has 8 aliphatic rings. The zero-order valence-electron chi connectivity index (χ0n) is 51.0. The average molecular weight is 1190 g/mol. The van der Waals surface area contributed by atoms with Crippen molar-refractivity contribution in [2.24, 2.45) is 16.7 Å². The molecule has 3 saturated carbocycles. The molecule has 0 amide bonds. The third-order valence-electron chi connectivity index (χ3n) is 20.9. The van der Waals surface area contributed by atoms with E-state index in [0.29, 0.717) is 44.9 Å². The van der Waals surface area contributed by atoms with Gasteiger partial charge in [-0.25, -0.2) is 9.59 Å². The van der Waals surface area contributed by atoms with Crippen LogP contribution in [-0.2, 0) is 71.1 Å². The maximum atomic E-state index is 14.0. The van der Waals surface area contributed by atoms with Gasteiger partial charge in [0.25, 0.3) is 0 Å². The molecule has 0 unspecified atom stereocenters. The van der Waals surface area contributed by atoms with Crippen molar-refractivity contribution in [1.82, 2.24) is 4.98 Å². The number of pyridine rings is 1. The van der Waals surface area contributed by atoms with E-state index in [4.69, 9.17) is 66.3 Å². The molecule has 4 saturated heterocycles. The summed E-state index contributed by atoms with van der Waals surface area (Å²) in [5.41, 5.74) is -6.12. The number of fused-ring (bicyclic) bond motifs is 5. The Hall–Kier alpha value is -3.85. The first-order valence-electron chi connectivity index (χ1n) is 30.5. The van der Waals surface area contributed by atoms with Gasteiger partial charge in [0.15, 0.2) is 25.2 Å². The Bertz CT molecular complexity index is 2650. The molecule has 85 heavy (non-hydrogen) atoms. The molecule has 2 aromatic rings. The largest absolute Gasteiger partial charge is 0.458 e. The molecule has 1 aromatic heterocycles. The van der Waals surface area contributed by atoms with E-state index in [1.807, 2.05) is 57.2 Å². The summed E-state index contributed by atoms with van der Waals surface area (Å²) in [4.78, 5) is 31.5. The summed E-state index contributed by atoms with van der Waals surface area (Å²) in [5, 5.41) is 50.3. The van der Waals surface area contributed by atoms with Gasteiger partial charge in [-0.15, -0.1) is 0 Å². The first kappa shape index (κ1) is 64.1. The molecule has 0 spiro atoms. The van der Waals surface area contributed by atoms with Crippen molar-refractivity contribution in [3.05, 3.63) is 83.7 Å². The molecule has 4 aliphatic carbocycles. The van der Waals surface area contributed by atoms with E-state index in [9.17, 15) is 30.0 Å².